The molecule has 3 aromatic carbocycles. The highest BCUT2D eigenvalue weighted by Gasteiger charge is 2.18. The number of carbonyl (C=O) groups is 1. The maximum absolute atomic E-state index is 13.7. The van der Waals surface area contributed by atoms with Gasteiger partial charge in [-0.2, -0.15) is 0 Å². The van der Waals surface area contributed by atoms with Crippen LogP contribution in [0.1, 0.15) is 34.6 Å². The minimum Gasteiger partial charge on any atom is -0.396 e. The molecule has 1 N–H and O–H groups in total. The topological polar surface area (TPSA) is 85.3 Å². The second kappa shape index (κ2) is 10.4. The molecule has 5 aromatic rings. The number of rotatable bonds is 9. The van der Waals surface area contributed by atoms with Crippen LogP contribution in [0.25, 0.3) is 22.1 Å². The smallest absolute Gasteiger partial charge is 0.329 e. The Balaban J connectivity index is 1.52. The second-order valence-corrected chi connectivity index (χ2v) is 9.44. The Labute approximate surface area is 215 Å². The van der Waals surface area contributed by atoms with E-state index < -0.39 is 0 Å². The van der Waals surface area contributed by atoms with E-state index in [2.05, 4.69) is 4.57 Å². The molecule has 0 spiro atoms. The molecule has 37 heavy (non-hydrogen) atoms. The predicted molar refractivity (Wildman–Crippen MR) is 145 cm³/mol. The Hall–Kier alpha value is -4.17. The summed E-state index contributed by atoms with van der Waals surface area (Å²) >= 11 is 0. The Morgan fingerprint density at radius 3 is 2.08 bits per heavy atom. The number of para-hydroxylation sites is 4. The molecule has 0 unspecified atom stereocenters. The Kier molecular flexibility index (Phi) is 6.92. The Bertz CT molecular complexity index is 1610. The zero-order valence-electron chi connectivity index (χ0n) is 21.2. The fourth-order valence-electron chi connectivity index (χ4n) is 4.79. The number of aliphatic hydroxyl groups excluding tert-OH is 1. The highest BCUT2D eigenvalue weighted by Crippen LogP contribution is 2.20. The molecule has 1 amide bonds. The first kappa shape index (κ1) is 24.5. The fraction of sp³-hybridized carbons (Fsp3) is 0.276. The number of aromatic nitrogens is 4. The van der Waals surface area contributed by atoms with E-state index in [0.29, 0.717) is 25.1 Å². The van der Waals surface area contributed by atoms with Crippen LogP contribution in [-0.2, 0) is 19.6 Å². The SMILES string of the molecule is CN(C)C(=O)c1ccc(Cn2c(=O)n(Cc3nc4ccccc4n3CCCCO)c3ccccc32)cc1. The van der Waals surface area contributed by atoms with Crippen LogP contribution in [0.4, 0.5) is 0 Å². The van der Waals surface area contributed by atoms with Gasteiger partial charge in [-0.05, 0) is 54.8 Å². The van der Waals surface area contributed by atoms with Crippen molar-refractivity contribution in [2.75, 3.05) is 20.7 Å². The summed E-state index contributed by atoms with van der Waals surface area (Å²) in [5.41, 5.74) is 5.07. The average molecular weight is 498 g/mol. The second-order valence-electron chi connectivity index (χ2n) is 9.44. The van der Waals surface area contributed by atoms with Crippen molar-refractivity contribution >= 4 is 28.0 Å². The first-order valence-electron chi connectivity index (χ1n) is 12.5. The highest BCUT2D eigenvalue weighted by atomic mass is 16.3. The number of hydrogen-bond donors (Lipinski definition) is 1. The lowest BCUT2D eigenvalue weighted by molar-refractivity contribution is 0.0827. The number of unbranched alkanes of at least 4 members (excludes halogenated alkanes) is 1. The minimum atomic E-state index is -0.108. The van der Waals surface area contributed by atoms with Crippen LogP contribution in [0.5, 0.6) is 0 Å². The molecular weight excluding hydrogens is 466 g/mol. The van der Waals surface area contributed by atoms with Gasteiger partial charge < -0.3 is 14.6 Å². The van der Waals surface area contributed by atoms with E-state index in [1.54, 1.807) is 40.3 Å². The van der Waals surface area contributed by atoms with Crippen molar-refractivity contribution in [3.05, 3.63) is 100 Å². The molecule has 190 valence electrons. The number of imidazole rings is 2. The van der Waals surface area contributed by atoms with E-state index >= 15 is 0 Å². The third-order valence-corrected chi connectivity index (χ3v) is 6.70. The molecule has 0 aliphatic rings. The molecular formula is C29H31N5O3. The Morgan fingerprint density at radius 1 is 0.811 bits per heavy atom. The summed E-state index contributed by atoms with van der Waals surface area (Å²) in [5, 5.41) is 9.27. The number of amides is 1. The van der Waals surface area contributed by atoms with Gasteiger partial charge in [-0.3, -0.25) is 13.9 Å². The molecule has 0 aliphatic heterocycles. The van der Waals surface area contributed by atoms with E-state index in [1.807, 2.05) is 60.7 Å². The third-order valence-electron chi connectivity index (χ3n) is 6.70. The number of hydrogen-bond acceptors (Lipinski definition) is 4. The van der Waals surface area contributed by atoms with Crippen molar-refractivity contribution in [3.8, 4) is 0 Å². The van der Waals surface area contributed by atoms with E-state index in [-0.39, 0.29) is 18.2 Å². The van der Waals surface area contributed by atoms with E-state index in [1.165, 1.54) is 0 Å². The van der Waals surface area contributed by atoms with Crippen molar-refractivity contribution < 1.29 is 9.90 Å². The van der Waals surface area contributed by atoms with Gasteiger partial charge in [0.05, 0.1) is 35.2 Å². The lowest BCUT2D eigenvalue weighted by atomic mass is 10.1. The van der Waals surface area contributed by atoms with Crippen LogP contribution in [0, 0.1) is 0 Å². The summed E-state index contributed by atoms with van der Waals surface area (Å²) in [5.74, 6) is 0.762. The van der Waals surface area contributed by atoms with Gasteiger partial charge in [0.1, 0.15) is 5.82 Å². The first-order valence-corrected chi connectivity index (χ1v) is 12.5. The lowest BCUT2D eigenvalue weighted by Gasteiger charge is -2.11. The normalized spacial score (nSPS) is 11.4. The summed E-state index contributed by atoms with van der Waals surface area (Å²) < 4.78 is 5.71. The molecule has 0 fully saturated rings. The largest absolute Gasteiger partial charge is 0.396 e. The van der Waals surface area contributed by atoms with Crippen molar-refractivity contribution in [2.45, 2.75) is 32.5 Å². The van der Waals surface area contributed by atoms with Crippen molar-refractivity contribution in [1.29, 1.82) is 0 Å². The number of aliphatic hydroxyl groups is 1. The lowest BCUT2D eigenvalue weighted by Crippen LogP contribution is -2.26. The molecule has 0 atom stereocenters. The Morgan fingerprint density at radius 2 is 1.43 bits per heavy atom. The molecule has 5 rings (SSSR count). The molecule has 0 saturated heterocycles. The summed E-state index contributed by atoms with van der Waals surface area (Å²) in [7, 11) is 3.46. The van der Waals surface area contributed by atoms with Gasteiger partial charge in [0.25, 0.3) is 5.91 Å². The number of aryl methyl sites for hydroxylation is 1. The molecule has 0 radical (unpaired) electrons. The summed E-state index contributed by atoms with van der Waals surface area (Å²) in [6.45, 7) is 1.62. The van der Waals surface area contributed by atoms with Gasteiger partial charge in [-0.1, -0.05) is 36.4 Å². The zero-order valence-corrected chi connectivity index (χ0v) is 21.2. The van der Waals surface area contributed by atoms with Crippen LogP contribution in [0.3, 0.4) is 0 Å². The van der Waals surface area contributed by atoms with Crippen molar-refractivity contribution in [3.63, 3.8) is 0 Å². The molecule has 2 aromatic heterocycles. The monoisotopic (exact) mass is 497 g/mol. The van der Waals surface area contributed by atoms with Gasteiger partial charge in [-0.25, -0.2) is 9.78 Å². The van der Waals surface area contributed by atoms with Crippen molar-refractivity contribution in [1.82, 2.24) is 23.6 Å². The zero-order chi connectivity index (χ0) is 25.9. The van der Waals surface area contributed by atoms with E-state index in [0.717, 1.165) is 46.4 Å². The molecule has 2 heterocycles. The molecule has 8 nitrogen and oxygen atoms in total. The molecule has 0 bridgehead atoms. The number of fused-ring (bicyclic) bond motifs is 2. The average Bonchev–Trinajstić information content (AvgIpc) is 3.39. The van der Waals surface area contributed by atoms with Crippen LogP contribution in [0.2, 0.25) is 0 Å². The number of benzene rings is 3. The summed E-state index contributed by atoms with van der Waals surface area (Å²) in [6, 6.07) is 23.2. The van der Waals surface area contributed by atoms with Gasteiger partial charge in [0, 0.05) is 32.8 Å². The number of carbonyl (C=O) groups excluding carboxylic acids is 1. The minimum absolute atomic E-state index is 0.0535. The predicted octanol–water partition coefficient (Wildman–Crippen LogP) is 3.72. The van der Waals surface area contributed by atoms with Crippen LogP contribution >= 0.6 is 0 Å². The standard InChI is InChI=1S/C29H31N5O3/c1-31(2)28(36)22-15-13-21(14-16-22)19-33-25-11-5-6-12-26(25)34(29(33)37)20-27-30-23-9-3-4-10-24(23)32(27)17-7-8-18-35/h3-6,9-16,35H,7-8,17-20H2,1-2H3. The number of nitrogens with zero attached hydrogens (tertiary/aromatic N) is 5. The summed E-state index contributed by atoms with van der Waals surface area (Å²) in [6.07, 6.45) is 1.54. The van der Waals surface area contributed by atoms with Crippen LogP contribution in [0.15, 0.2) is 77.6 Å². The first-order chi connectivity index (χ1) is 18.0. The maximum atomic E-state index is 13.7. The fourth-order valence-corrected chi connectivity index (χ4v) is 4.79. The molecule has 0 saturated carbocycles. The van der Waals surface area contributed by atoms with Crippen LogP contribution in [-0.4, -0.2) is 55.3 Å². The van der Waals surface area contributed by atoms with E-state index in [9.17, 15) is 14.7 Å². The van der Waals surface area contributed by atoms with E-state index in [4.69, 9.17) is 4.98 Å². The van der Waals surface area contributed by atoms with Gasteiger partial charge in [0.2, 0.25) is 0 Å². The molecule has 8 heteroatoms. The maximum Gasteiger partial charge on any atom is 0.329 e. The van der Waals surface area contributed by atoms with Gasteiger partial charge in [0.15, 0.2) is 0 Å². The van der Waals surface area contributed by atoms with Crippen molar-refractivity contribution in [2.24, 2.45) is 0 Å². The van der Waals surface area contributed by atoms with Gasteiger partial charge in [-0.15, -0.1) is 0 Å². The molecule has 0 aliphatic carbocycles. The summed E-state index contributed by atoms with van der Waals surface area (Å²) in [4.78, 5) is 32.4. The van der Waals surface area contributed by atoms with Gasteiger partial charge >= 0.3 is 5.69 Å². The quantitative estimate of drug-likeness (QED) is 0.315. The highest BCUT2D eigenvalue weighted by molar-refractivity contribution is 5.93. The third kappa shape index (κ3) is 4.80. The van der Waals surface area contributed by atoms with Crippen LogP contribution < -0.4 is 5.69 Å².